The number of hydrogen-bond donors (Lipinski definition) is 0. The lowest BCUT2D eigenvalue weighted by Crippen LogP contribution is -2.47. The molecule has 0 spiro atoms. The number of carbonyl (C=O) groups excluding carboxylic acids is 2. The van der Waals surface area contributed by atoms with Gasteiger partial charge in [0.25, 0.3) is 5.91 Å². The first-order chi connectivity index (χ1) is 16.0. The van der Waals surface area contributed by atoms with Gasteiger partial charge in [0.2, 0.25) is 5.91 Å². The first-order valence-corrected chi connectivity index (χ1v) is 12.6. The molecule has 2 fully saturated rings. The number of nitrogens with zero attached hydrogens (tertiary/aromatic N) is 3. The number of piperidine rings is 2. The topological polar surface area (TPSA) is 62.3 Å². The zero-order valence-electron chi connectivity index (χ0n) is 20.2. The van der Waals surface area contributed by atoms with E-state index in [1.54, 1.807) is 14.0 Å². The first kappa shape index (κ1) is 24.0. The maximum Gasteiger partial charge on any atom is 0.254 e. The summed E-state index contributed by atoms with van der Waals surface area (Å²) in [4.78, 5) is 31.4. The molecule has 3 heterocycles. The van der Waals surface area contributed by atoms with Gasteiger partial charge in [-0.15, -0.1) is 0 Å². The van der Waals surface area contributed by atoms with Crippen LogP contribution in [-0.2, 0) is 9.53 Å². The molecule has 182 valence electrons. The van der Waals surface area contributed by atoms with E-state index in [0.717, 1.165) is 83.5 Å². The summed E-state index contributed by atoms with van der Waals surface area (Å²) >= 11 is 0. The summed E-state index contributed by atoms with van der Waals surface area (Å²) in [6, 6.07) is 8.11. The van der Waals surface area contributed by atoms with Crippen LogP contribution in [0.4, 0.5) is 0 Å². The zero-order valence-corrected chi connectivity index (χ0v) is 20.2. The van der Waals surface area contributed by atoms with Crippen molar-refractivity contribution in [2.24, 2.45) is 5.92 Å². The SMILES string of the molecule is CO[C@@H]1CCN2C[C@@H]1CCCCN(C1CCN(C(C)=O)CC1)CCOc1cccc(c1)C2=O. The van der Waals surface area contributed by atoms with Gasteiger partial charge in [-0.25, -0.2) is 0 Å². The molecule has 0 saturated carbocycles. The van der Waals surface area contributed by atoms with Gasteiger partial charge in [0.05, 0.1) is 6.10 Å². The fourth-order valence-electron chi connectivity index (χ4n) is 5.71. The fraction of sp³-hybridized carbons (Fsp3) is 0.692. The summed E-state index contributed by atoms with van der Waals surface area (Å²) in [7, 11) is 1.80. The molecule has 0 aromatic heterocycles. The quantitative estimate of drug-likeness (QED) is 0.683. The summed E-state index contributed by atoms with van der Waals surface area (Å²) in [6.07, 6.45) is 6.50. The smallest absolute Gasteiger partial charge is 0.254 e. The zero-order chi connectivity index (χ0) is 23.2. The fourth-order valence-corrected chi connectivity index (χ4v) is 5.71. The van der Waals surface area contributed by atoms with Gasteiger partial charge in [0, 0.05) is 64.3 Å². The van der Waals surface area contributed by atoms with E-state index in [0.29, 0.717) is 24.1 Å². The molecule has 0 N–H and O–H groups in total. The highest BCUT2D eigenvalue weighted by atomic mass is 16.5. The second kappa shape index (κ2) is 11.3. The number of carbonyl (C=O) groups is 2. The van der Waals surface area contributed by atoms with Crippen LogP contribution in [0.3, 0.4) is 0 Å². The van der Waals surface area contributed by atoms with Crippen molar-refractivity contribution in [3.63, 3.8) is 0 Å². The Labute approximate surface area is 198 Å². The van der Waals surface area contributed by atoms with Crippen LogP contribution in [0.2, 0.25) is 0 Å². The Morgan fingerprint density at radius 3 is 2.61 bits per heavy atom. The molecule has 33 heavy (non-hydrogen) atoms. The van der Waals surface area contributed by atoms with Crippen molar-refractivity contribution < 1.29 is 19.1 Å². The molecule has 7 heteroatoms. The maximum absolute atomic E-state index is 13.2. The van der Waals surface area contributed by atoms with Crippen molar-refractivity contribution in [1.29, 1.82) is 0 Å². The van der Waals surface area contributed by atoms with E-state index >= 15 is 0 Å². The molecule has 3 aliphatic heterocycles. The van der Waals surface area contributed by atoms with Crippen LogP contribution < -0.4 is 4.74 Å². The molecule has 2 amide bonds. The summed E-state index contributed by atoms with van der Waals surface area (Å²) in [5.41, 5.74) is 0.699. The molecule has 2 saturated heterocycles. The lowest BCUT2D eigenvalue weighted by Gasteiger charge is -2.39. The van der Waals surface area contributed by atoms with Crippen LogP contribution in [-0.4, -0.2) is 91.6 Å². The van der Waals surface area contributed by atoms with E-state index < -0.39 is 0 Å². The molecule has 4 rings (SSSR count). The molecule has 0 unspecified atom stereocenters. The minimum atomic E-state index is 0.0914. The van der Waals surface area contributed by atoms with Crippen LogP contribution in [0, 0.1) is 5.92 Å². The van der Waals surface area contributed by atoms with Gasteiger partial charge in [-0.1, -0.05) is 12.5 Å². The normalized spacial score (nSPS) is 26.3. The molecule has 1 aromatic rings. The number of fused-ring (bicyclic) bond motifs is 4. The molecule has 0 aliphatic carbocycles. The van der Waals surface area contributed by atoms with E-state index in [9.17, 15) is 9.59 Å². The average molecular weight is 458 g/mol. The van der Waals surface area contributed by atoms with Gasteiger partial charge in [-0.3, -0.25) is 14.5 Å². The number of rotatable bonds is 2. The van der Waals surface area contributed by atoms with Gasteiger partial charge < -0.3 is 19.3 Å². The first-order valence-electron chi connectivity index (χ1n) is 12.6. The van der Waals surface area contributed by atoms with Crippen LogP contribution in [0.25, 0.3) is 0 Å². The van der Waals surface area contributed by atoms with Gasteiger partial charge in [-0.05, 0) is 56.8 Å². The lowest BCUT2D eigenvalue weighted by atomic mass is 9.89. The Balaban J connectivity index is 1.47. The highest BCUT2D eigenvalue weighted by molar-refractivity contribution is 5.94. The van der Waals surface area contributed by atoms with Crippen molar-refractivity contribution in [2.45, 2.75) is 57.6 Å². The molecule has 0 radical (unpaired) electrons. The van der Waals surface area contributed by atoms with Gasteiger partial charge in [-0.2, -0.15) is 0 Å². The summed E-state index contributed by atoms with van der Waals surface area (Å²) in [5.74, 6) is 1.40. The minimum Gasteiger partial charge on any atom is -0.492 e. The monoisotopic (exact) mass is 457 g/mol. The maximum atomic E-state index is 13.2. The van der Waals surface area contributed by atoms with Gasteiger partial charge >= 0.3 is 0 Å². The van der Waals surface area contributed by atoms with Crippen molar-refractivity contribution in [3.8, 4) is 5.75 Å². The van der Waals surface area contributed by atoms with Crippen LogP contribution >= 0.6 is 0 Å². The second-order valence-corrected chi connectivity index (χ2v) is 9.72. The Morgan fingerprint density at radius 2 is 1.85 bits per heavy atom. The predicted octanol–water partition coefficient (Wildman–Crippen LogP) is 3.04. The minimum absolute atomic E-state index is 0.0914. The lowest BCUT2D eigenvalue weighted by molar-refractivity contribution is -0.130. The van der Waals surface area contributed by atoms with Crippen LogP contribution in [0.1, 0.15) is 55.8 Å². The van der Waals surface area contributed by atoms with E-state index in [1.165, 1.54) is 0 Å². The van der Waals surface area contributed by atoms with Crippen molar-refractivity contribution in [3.05, 3.63) is 29.8 Å². The third-order valence-corrected chi connectivity index (χ3v) is 7.68. The average Bonchev–Trinajstić information content (AvgIpc) is 2.84. The number of methoxy groups -OCH3 is 1. The second-order valence-electron chi connectivity index (χ2n) is 9.72. The van der Waals surface area contributed by atoms with Crippen molar-refractivity contribution >= 4 is 11.8 Å². The molecular weight excluding hydrogens is 418 g/mol. The number of likely N-dealkylation sites (tertiary alicyclic amines) is 1. The molecule has 2 atom stereocenters. The Hall–Kier alpha value is -2.12. The van der Waals surface area contributed by atoms with Gasteiger partial charge in [0.1, 0.15) is 12.4 Å². The molecule has 7 nitrogen and oxygen atoms in total. The van der Waals surface area contributed by atoms with Crippen molar-refractivity contribution in [1.82, 2.24) is 14.7 Å². The number of ether oxygens (including phenoxy) is 2. The van der Waals surface area contributed by atoms with E-state index in [2.05, 4.69) is 4.90 Å². The van der Waals surface area contributed by atoms with Gasteiger partial charge in [0.15, 0.2) is 0 Å². The largest absolute Gasteiger partial charge is 0.492 e. The van der Waals surface area contributed by atoms with Crippen LogP contribution in [0.5, 0.6) is 5.75 Å². The highest BCUT2D eigenvalue weighted by Crippen LogP contribution is 2.27. The Morgan fingerprint density at radius 1 is 1.03 bits per heavy atom. The summed E-state index contributed by atoms with van der Waals surface area (Å²) < 4.78 is 11.9. The Bertz CT molecular complexity index is 808. The highest BCUT2D eigenvalue weighted by Gasteiger charge is 2.32. The third-order valence-electron chi connectivity index (χ3n) is 7.68. The Kier molecular flexibility index (Phi) is 8.25. The molecule has 4 bridgehead atoms. The number of hydrogen-bond acceptors (Lipinski definition) is 5. The van der Waals surface area contributed by atoms with Crippen LogP contribution in [0.15, 0.2) is 24.3 Å². The van der Waals surface area contributed by atoms with E-state index in [4.69, 9.17) is 9.47 Å². The number of benzene rings is 1. The predicted molar refractivity (Wildman–Crippen MR) is 127 cm³/mol. The molecular formula is C26H39N3O4. The summed E-state index contributed by atoms with van der Waals surface area (Å²) in [6.45, 7) is 7.35. The standard InChI is InChI=1S/C26H39N3O4/c1-20(30)27-13-9-23(10-14-27)28-12-4-3-6-22-19-29(15-11-25(22)32-2)26(31)21-7-5-8-24(18-21)33-17-16-28/h5,7-8,18,22-23,25H,3-4,6,9-17,19H2,1-2H3/t22-,25+/m0/s1. The van der Waals surface area contributed by atoms with E-state index in [1.807, 2.05) is 34.1 Å². The number of amides is 2. The third kappa shape index (κ3) is 6.07. The van der Waals surface area contributed by atoms with E-state index in [-0.39, 0.29) is 17.9 Å². The van der Waals surface area contributed by atoms with Crippen molar-refractivity contribution in [2.75, 3.05) is 53.0 Å². The molecule has 3 aliphatic rings. The molecule has 1 aromatic carbocycles. The summed E-state index contributed by atoms with van der Waals surface area (Å²) in [5, 5.41) is 0.